The lowest BCUT2D eigenvalue weighted by atomic mass is 9.72. The molecule has 0 saturated heterocycles. The molecule has 2 aliphatic carbocycles. The van der Waals surface area contributed by atoms with Crippen LogP contribution in [0.3, 0.4) is 0 Å². The van der Waals surface area contributed by atoms with E-state index in [1.165, 1.54) is 29.7 Å². The molecule has 32 heavy (non-hydrogen) atoms. The SMILES string of the molecule is CCn1cc(C=Nc2sc3c(c2C(=O)NC2CCCCC2)CC[C@@H](C(C)(C)C)C3)c(C)n1. The minimum atomic E-state index is 0.0803. The van der Waals surface area contributed by atoms with Gasteiger partial charge < -0.3 is 5.32 Å². The van der Waals surface area contributed by atoms with E-state index in [0.29, 0.717) is 12.0 Å². The number of rotatable bonds is 5. The van der Waals surface area contributed by atoms with E-state index in [1.807, 2.05) is 24.0 Å². The molecular formula is C26H38N4OS. The Morgan fingerprint density at radius 2 is 2.03 bits per heavy atom. The Morgan fingerprint density at radius 1 is 1.28 bits per heavy atom. The van der Waals surface area contributed by atoms with Crippen LogP contribution in [-0.2, 0) is 19.4 Å². The normalized spacial score (nSPS) is 20.0. The number of carbonyl (C=O) groups excluding carboxylic acids is 1. The number of thiophene rings is 1. The van der Waals surface area contributed by atoms with Crippen molar-refractivity contribution in [2.45, 2.75) is 98.6 Å². The largest absolute Gasteiger partial charge is 0.349 e. The van der Waals surface area contributed by atoms with Gasteiger partial charge in [0.1, 0.15) is 5.00 Å². The number of nitrogens with one attached hydrogen (secondary N) is 1. The number of aryl methyl sites for hydroxylation is 2. The van der Waals surface area contributed by atoms with Gasteiger partial charge in [-0.25, -0.2) is 4.99 Å². The lowest BCUT2D eigenvalue weighted by Gasteiger charge is -2.34. The molecule has 1 atom stereocenters. The van der Waals surface area contributed by atoms with Gasteiger partial charge in [-0.15, -0.1) is 11.3 Å². The molecule has 0 aromatic carbocycles. The fourth-order valence-electron chi connectivity index (χ4n) is 5.09. The topological polar surface area (TPSA) is 59.3 Å². The van der Waals surface area contributed by atoms with Crippen molar-refractivity contribution in [3.05, 3.63) is 33.5 Å². The summed E-state index contributed by atoms with van der Waals surface area (Å²) in [6, 6.07) is 0.305. The van der Waals surface area contributed by atoms with Crippen LogP contribution in [0.5, 0.6) is 0 Å². The number of hydrogen-bond donors (Lipinski definition) is 1. The summed E-state index contributed by atoms with van der Waals surface area (Å²) in [5.74, 6) is 0.724. The first kappa shape index (κ1) is 23.2. The maximum atomic E-state index is 13.5. The maximum absolute atomic E-state index is 13.5. The molecule has 1 saturated carbocycles. The molecule has 2 heterocycles. The van der Waals surface area contributed by atoms with Crippen LogP contribution in [0, 0.1) is 18.3 Å². The zero-order chi connectivity index (χ0) is 22.9. The van der Waals surface area contributed by atoms with E-state index in [9.17, 15) is 4.79 Å². The molecule has 5 nitrogen and oxygen atoms in total. The van der Waals surface area contributed by atoms with Gasteiger partial charge in [-0.2, -0.15) is 5.10 Å². The summed E-state index contributed by atoms with van der Waals surface area (Å²) in [7, 11) is 0. The second-order valence-electron chi connectivity index (χ2n) is 10.6. The Kier molecular flexibility index (Phi) is 6.89. The number of nitrogens with zero attached hydrogens (tertiary/aromatic N) is 3. The summed E-state index contributed by atoms with van der Waals surface area (Å²) in [5, 5.41) is 8.74. The Labute approximate surface area is 196 Å². The third-order valence-electron chi connectivity index (χ3n) is 7.27. The third-order valence-corrected chi connectivity index (χ3v) is 8.43. The number of carbonyl (C=O) groups is 1. The molecule has 1 amide bonds. The first-order chi connectivity index (χ1) is 15.3. The second kappa shape index (κ2) is 9.50. The Morgan fingerprint density at radius 3 is 2.69 bits per heavy atom. The average Bonchev–Trinajstić information content (AvgIpc) is 3.31. The van der Waals surface area contributed by atoms with Crippen LogP contribution < -0.4 is 5.32 Å². The van der Waals surface area contributed by atoms with Gasteiger partial charge in [-0.05, 0) is 62.8 Å². The molecule has 2 aromatic rings. The number of amides is 1. The molecule has 1 fully saturated rings. The van der Waals surface area contributed by atoms with Crippen LogP contribution in [0.1, 0.15) is 98.3 Å². The highest BCUT2D eigenvalue weighted by Crippen LogP contribution is 2.45. The van der Waals surface area contributed by atoms with Crippen LogP contribution in [0.15, 0.2) is 11.2 Å². The van der Waals surface area contributed by atoms with Gasteiger partial charge in [-0.1, -0.05) is 40.0 Å². The Balaban J connectivity index is 1.66. The van der Waals surface area contributed by atoms with Gasteiger partial charge in [0.2, 0.25) is 0 Å². The number of aliphatic imine (C=N–C) groups is 1. The van der Waals surface area contributed by atoms with Gasteiger partial charge >= 0.3 is 0 Å². The van der Waals surface area contributed by atoms with Crippen molar-refractivity contribution in [2.24, 2.45) is 16.3 Å². The molecule has 0 radical (unpaired) electrons. The highest BCUT2D eigenvalue weighted by molar-refractivity contribution is 7.16. The number of hydrogen-bond acceptors (Lipinski definition) is 4. The fraction of sp³-hybridized carbons (Fsp3) is 0.654. The highest BCUT2D eigenvalue weighted by atomic mass is 32.1. The van der Waals surface area contributed by atoms with E-state index in [0.717, 1.165) is 60.5 Å². The second-order valence-corrected chi connectivity index (χ2v) is 11.7. The van der Waals surface area contributed by atoms with Crippen LogP contribution in [0.4, 0.5) is 5.00 Å². The molecule has 174 valence electrons. The number of aromatic nitrogens is 2. The molecular weight excluding hydrogens is 416 g/mol. The minimum absolute atomic E-state index is 0.0803. The van der Waals surface area contributed by atoms with Gasteiger partial charge in [0.15, 0.2) is 0 Å². The van der Waals surface area contributed by atoms with E-state index in [1.54, 1.807) is 11.3 Å². The Bertz CT molecular complexity index is 988. The van der Waals surface area contributed by atoms with E-state index in [2.05, 4.69) is 38.1 Å². The fourth-order valence-corrected chi connectivity index (χ4v) is 6.36. The summed E-state index contributed by atoms with van der Waals surface area (Å²) in [6.07, 6.45) is 13.0. The first-order valence-corrected chi connectivity index (χ1v) is 13.1. The highest BCUT2D eigenvalue weighted by Gasteiger charge is 2.34. The molecule has 0 bridgehead atoms. The van der Waals surface area contributed by atoms with Gasteiger partial charge in [0.25, 0.3) is 5.91 Å². The van der Waals surface area contributed by atoms with Gasteiger partial charge in [-0.3, -0.25) is 9.48 Å². The number of fused-ring (bicyclic) bond motifs is 1. The van der Waals surface area contributed by atoms with Crippen molar-refractivity contribution in [3.8, 4) is 0 Å². The summed E-state index contributed by atoms with van der Waals surface area (Å²) in [4.78, 5) is 19.7. The van der Waals surface area contributed by atoms with E-state index >= 15 is 0 Å². The van der Waals surface area contributed by atoms with Crippen molar-refractivity contribution >= 4 is 28.5 Å². The zero-order valence-electron chi connectivity index (χ0n) is 20.3. The summed E-state index contributed by atoms with van der Waals surface area (Å²) in [6.45, 7) is 11.9. The molecule has 4 rings (SSSR count). The molecule has 6 heteroatoms. The van der Waals surface area contributed by atoms with Crippen LogP contribution >= 0.6 is 11.3 Å². The van der Waals surface area contributed by atoms with E-state index in [4.69, 9.17) is 4.99 Å². The molecule has 0 aliphatic heterocycles. The van der Waals surface area contributed by atoms with Crippen molar-refractivity contribution < 1.29 is 4.79 Å². The predicted molar refractivity (Wildman–Crippen MR) is 134 cm³/mol. The first-order valence-electron chi connectivity index (χ1n) is 12.3. The molecule has 2 aromatic heterocycles. The lowest BCUT2D eigenvalue weighted by Crippen LogP contribution is -2.36. The van der Waals surface area contributed by atoms with Crippen molar-refractivity contribution in [2.75, 3.05) is 0 Å². The summed E-state index contributed by atoms with van der Waals surface area (Å²) in [5.41, 5.74) is 4.35. The molecule has 1 N–H and O–H groups in total. The Hall–Kier alpha value is -1.95. The quantitative estimate of drug-likeness (QED) is 0.544. The summed E-state index contributed by atoms with van der Waals surface area (Å²) >= 11 is 1.72. The molecule has 0 unspecified atom stereocenters. The van der Waals surface area contributed by atoms with Crippen molar-refractivity contribution in [3.63, 3.8) is 0 Å². The van der Waals surface area contributed by atoms with Crippen LogP contribution in [0.25, 0.3) is 0 Å². The monoisotopic (exact) mass is 454 g/mol. The summed E-state index contributed by atoms with van der Waals surface area (Å²) < 4.78 is 1.93. The minimum Gasteiger partial charge on any atom is -0.349 e. The van der Waals surface area contributed by atoms with Crippen LogP contribution in [0.2, 0.25) is 0 Å². The van der Waals surface area contributed by atoms with Crippen LogP contribution in [-0.4, -0.2) is 27.9 Å². The van der Waals surface area contributed by atoms with E-state index < -0.39 is 0 Å². The standard InChI is InChI=1S/C26H38N4OS/c1-6-30-16-18(17(2)29-30)15-27-25-23(24(31)28-20-10-8-7-9-11-20)21-13-12-19(26(3,4)5)14-22(21)32-25/h15-16,19-20H,6-14H2,1-5H3,(H,28,31)/t19-/m1/s1. The maximum Gasteiger partial charge on any atom is 0.254 e. The molecule has 0 spiro atoms. The predicted octanol–water partition coefficient (Wildman–Crippen LogP) is 6.24. The zero-order valence-corrected chi connectivity index (χ0v) is 21.1. The van der Waals surface area contributed by atoms with Crippen molar-refractivity contribution in [1.82, 2.24) is 15.1 Å². The average molecular weight is 455 g/mol. The van der Waals surface area contributed by atoms with Gasteiger partial charge in [0.05, 0.1) is 11.3 Å². The van der Waals surface area contributed by atoms with Gasteiger partial charge in [0, 0.05) is 35.4 Å². The third kappa shape index (κ3) is 5.00. The lowest BCUT2D eigenvalue weighted by molar-refractivity contribution is 0.0927. The molecule has 2 aliphatic rings. The van der Waals surface area contributed by atoms with E-state index in [-0.39, 0.29) is 11.3 Å². The smallest absolute Gasteiger partial charge is 0.254 e. The van der Waals surface area contributed by atoms with Crippen molar-refractivity contribution in [1.29, 1.82) is 0 Å².